The predicted molar refractivity (Wildman–Crippen MR) is 90.7 cm³/mol. The van der Waals surface area contributed by atoms with Crippen molar-refractivity contribution in [2.75, 3.05) is 0 Å². The quantitative estimate of drug-likeness (QED) is 0.786. The van der Waals surface area contributed by atoms with Gasteiger partial charge in [-0.2, -0.15) is 0 Å². The van der Waals surface area contributed by atoms with Crippen molar-refractivity contribution >= 4 is 34.5 Å². The summed E-state index contributed by atoms with van der Waals surface area (Å²) in [6.45, 7) is 4.33. The molecule has 1 aromatic carbocycles. The van der Waals surface area contributed by atoms with Crippen molar-refractivity contribution < 1.29 is 0 Å². The van der Waals surface area contributed by atoms with Crippen LogP contribution in [0.15, 0.2) is 23.6 Å². The van der Waals surface area contributed by atoms with Gasteiger partial charge in [0, 0.05) is 21.5 Å². The number of nitrogens with one attached hydrogen (secondary N) is 1. The van der Waals surface area contributed by atoms with Gasteiger partial charge in [-0.05, 0) is 42.5 Å². The molecule has 1 saturated carbocycles. The van der Waals surface area contributed by atoms with Gasteiger partial charge in [0.1, 0.15) is 5.01 Å². The van der Waals surface area contributed by atoms with Crippen LogP contribution in [0.3, 0.4) is 0 Å². The molecule has 0 aliphatic heterocycles. The minimum Gasteiger partial charge on any atom is -0.301 e. The van der Waals surface area contributed by atoms with E-state index < -0.39 is 0 Å². The van der Waals surface area contributed by atoms with Gasteiger partial charge in [0.2, 0.25) is 0 Å². The Morgan fingerprint density at radius 1 is 1.19 bits per heavy atom. The number of halogens is 2. The first kappa shape index (κ1) is 15.3. The Hall–Kier alpha value is -0.610. The molecule has 1 unspecified atom stereocenters. The molecule has 1 heterocycles. The summed E-state index contributed by atoms with van der Waals surface area (Å²) in [7, 11) is 0. The Morgan fingerprint density at radius 2 is 1.86 bits per heavy atom. The van der Waals surface area contributed by atoms with E-state index in [0.29, 0.717) is 22.0 Å². The first-order valence-electron chi connectivity index (χ1n) is 7.20. The van der Waals surface area contributed by atoms with E-state index in [0.717, 1.165) is 16.3 Å². The second-order valence-corrected chi connectivity index (χ2v) is 7.60. The third-order valence-corrected chi connectivity index (χ3v) is 4.94. The van der Waals surface area contributed by atoms with Crippen LogP contribution >= 0.6 is 34.5 Å². The largest absolute Gasteiger partial charge is 0.301 e. The summed E-state index contributed by atoms with van der Waals surface area (Å²) in [4.78, 5) is 4.80. The zero-order chi connectivity index (χ0) is 15.0. The molecule has 3 rings (SSSR count). The SMILES string of the molecule is CC(C)c1csc(C(NC2CC2)c2cc(Cl)cc(Cl)c2)n1. The van der Waals surface area contributed by atoms with E-state index in [2.05, 4.69) is 24.5 Å². The van der Waals surface area contributed by atoms with Crippen LogP contribution in [-0.4, -0.2) is 11.0 Å². The van der Waals surface area contributed by atoms with Crippen LogP contribution in [0.1, 0.15) is 54.9 Å². The predicted octanol–water partition coefficient (Wildman–Crippen LogP) is 5.41. The van der Waals surface area contributed by atoms with E-state index in [4.69, 9.17) is 28.2 Å². The number of nitrogens with zero attached hydrogens (tertiary/aromatic N) is 1. The maximum atomic E-state index is 6.16. The molecule has 1 aliphatic carbocycles. The van der Waals surface area contributed by atoms with E-state index in [9.17, 15) is 0 Å². The number of thiazole rings is 1. The second kappa shape index (κ2) is 6.25. The lowest BCUT2D eigenvalue weighted by Crippen LogP contribution is -2.24. The monoisotopic (exact) mass is 340 g/mol. The van der Waals surface area contributed by atoms with Gasteiger partial charge in [-0.15, -0.1) is 11.3 Å². The van der Waals surface area contributed by atoms with Gasteiger partial charge in [-0.25, -0.2) is 4.98 Å². The van der Waals surface area contributed by atoms with Crippen LogP contribution < -0.4 is 5.32 Å². The fourth-order valence-corrected chi connectivity index (χ4v) is 3.84. The van der Waals surface area contributed by atoms with Crippen molar-refractivity contribution in [2.45, 2.75) is 44.7 Å². The van der Waals surface area contributed by atoms with Crippen molar-refractivity contribution in [3.05, 3.63) is 49.9 Å². The van der Waals surface area contributed by atoms with Crippen LogP contribution in [-0.2, 0) is 0 Å². The summed E-state index contributed by atoms with van der Waals surface area (Å²) in [6, 6.07) is 6.38. The molecule has 0 saturated heterocycles. The number of benzene rings is 1. The molecule has 0 radical (unpaired) electrons. The summed E-state index contributed by atoms with van der Waals surface area (Å²) < 4.78 is 0. The van der Waals surface area contributed by atoms with Crippen LogP contribution in [0.2, 0.25) is 10.0 Å². The molecule has 112 valence electrons. The molecule has 1 N–H and O–H groups in total. The lowest BCUT2D eigenvalue weighted by atomic mass is 10.1. The van der Waals surface area contributed by atoms with Crippen molar-refractivity contribution in [2.24, 2.45) is 0 Å². The topological polar surface area (TPSA) is 24.9 Å². The van der Waals surface area contributed by atoms with Crippen LogP contribution in [0.4, 0.5) is 0 Å². The third kappa shape index (κ3) is 3.78. The van der Waals surface area contributed by atoms with Crippen molar-refractivity contribution in [3.63, 3.8) is 0 Å². The normalized spacial score (nSPS) is 16.4. The summed E-state index contributed by atoms with van der Waals surface area (Å²) in [5.74, 6) is 0.444. The summed E-state index contributed by atoms with van der Waals surface area (Å²) >= 11 is 14.0. The fourth-order valence-electron chi connectivity index (χ4n) is 2.24. The average Bonchev–Trinajstić information content (AvgIpc) is 3.09. The Balaban J connectivity index is 1.95. The van der Waals surface area contributed by atoms with Crippen LogP contribution in [0.25, 0.3) is 0 Å². The summed E-state index contributed by atoms with van der Waals surface area (Å²) in [5, 5.41) is 8.23. The lowest BCUT2D eigenvalue weighted by molar-refractivity contribution is 0.595. The number of hydrogen-bond acceptors (Lipinski definition) is 3. The molecule has 1 aromatic heterocycles. The zero-order valence-corrected chi connectivity index (χ0v) is 14.4. The standard InChI is InChI=1S/C16H18Cl2N2S/c1-9(2)14-8-21-16(20-14)15(19-13-3-4-13)10-5-11(17)7-12(18)6-10/h5-9,13,15,19H,3-4H2,1-2H3. The lowest BCUT2D eigenvalue weighted by Gasteiger charge is -2.17. The molecule has 0 bridgehead atoms. The molecular weight excluding hydrogens is 323 g/mol. The van der Waals surface area contributed by atoms with Crippen LogP contribution in [0, 0.1) is 0 Å². The van der Waals surface area contributed by atoms with E-state index in [1.54, 1.807) is 17.4 Å². The molecule has 2 nitrogen and oxygen atoms in total. The minimum absolute atomic E-state index is 0.0752. The van der Waals surface area contributed by atoms with Crippen molar-refractivity contribution in [3.8, 4) is 0 Å². The summed E-state index contributed by atoms with van der Waals surface area (Å²) in [5.41, 5.74) is 2.23. The molecule has 1 fully saturated rings. The highest BCUT2D eigenvalue weighted by Crippen LogP contribution is 2.33. The van der Waals surface area contributed by atoms with Gasteiger partial charge in [0.25, 0.3) is 0 Å². The van der Waals surface area contributed by atoms with Crippen LogP contribution in [0.5, 0.6) is 0 Å². The average molecular weight is 341 g/mol. The molecule has 0 amide bonds. The summed E-state index contributed by atoms with van der Waals surface area (Å²) in [6.07, 6.45) is 2.46. The molecule has 5 heteroatoms. The fraction of sp³-hybridized carbons (Fsp3) is 0.438. The highest BCUT2D eigenvalue weighted by Gasteiger charge is 2.28. The Labute approximate surface area is 139 Å². The molecular formula is C16H18Cl2N2S. The molecule has 2 aromatic rings. The molecule has 1 atom stereocenters. The van der Waals surface area contributed by atoms with Gasteiger partial charge >= 0.3 is 0 Å². The molecule has 1 aliphatic rings. The highest BCUT2D eigenvalue weighted by molar-refractivity contribution is 7.09. The van der Waals surface area contributed by atoms with Gasteiger partial charge in [0.15, 0.2) is 0 Å². The maximum absolute atomic E-state index is 6.16. The zero-order valence-electron chi connectivity index (χ0n) is 12.1. The Morgan fingerprint density at radius 3 is 2.38 bits per heavy atom. The third-order valence-electron chi connectivity index (χ3n) is 3.58. The van der Waals surface area contributed by atoms with Crippen molar-refractivity contribution in [1.82, 2.24) is 10.3 Å². The van der Waals surface area contributed by atoms with E-state index in [1.807, 2.05) is 12.1 Å². The molecule has 21 heavy (non-hydrogen) atoms. The van der Waals surface area contributed by atoms with Gasteiger partial charge in [0.05, 0.1) is 11.7 Å². The molecule has 0 spiro atoms. The minimum atomic E-state index is 0.0752. The van der Waals surface area contributed by atoms with Gasteiger partial charge < -0.3 is 5.32 Å². The number of hydrogen-bond donors (Lipinski definition) is 1. The van der Waals surface area contributed by atoms with E-state index >= 15 is 0 Å². The van der Waals surface area contributed by atoms with Gasteiger partial charge in [-0.3, -0.25) is 0 Å². The number of aromatic nitrogens is 1. The highest BCUT2D eigenvalue weighted by atomic mass is 35.5. The number of rotatable bonds is 5. The Bertz CT molecular complexity index is 615. The first-order chi connectivity index (χ1) is 10.0. The smallest absolute Gasteiger partial charge is 0.114 e. The second-order valence-electron chi connectivity index (χ2n) is 5.84. The van der Waals surface area contributed by atoms with Crippen molar-refractivity contribution in [1.29, 1.82) is 0 Å². The Kier molecular flexibility index (Phi) is 4.55. The van der Waals surface area contributed by atoms with Gasteiger partial charge in [-0.1, -0.05) is 37.0 Å². The maximum Gasteiger partial charge on any atom is 0.114 e. The van der Waals surface area contributed by atoms with E-state index in [-0.39, 0.29) is 6.04 Å². The van der Waals surface area contributed by atoms with E-state index in [1.165, 1.54) is 12.8 Å². The first-order valence-corrected chi connectivity index (χ1v) is 8.84.